The van der Waals surface area contributed by atoms with Crippen molar-refractivity contribution in [3.05, 3.63) is 64.2 Å². The Morgan fingerprint density at radius 2 is 2.00 bits per heavy atom. The van der Waals surface area contributed by atoms with Crippen LogP contribution >= 0.6 is 11.6 Å². The highest BCUT2D eigenvalue weighted by atomic mass is 35.5. The summed E-state index contributed by atoms with van der Waals surface area (Å²) in [5, 5.41) is 6.72. The van der Waals surface area contributed by atoms with Gasteiger partial charge < -0.3 is 10.1 Å². The Kier molecular flexibility index (Phi) is 6.48. The summed E-state index contributed by atoms with van der Waals surface area (Å²) in [4.78, 5) is 17.2. The number of amides is 1. The van der Waals surface area contributed by atoms with Gasteiger partial charge in [0.1, 0.15) is 0 Å². The largest absolute Gasteiger partial charge is 0.376 e. The number of nitrogens with one attached hydrogen (secondary N) is 2. The second-order valence-electron chi connectivity index (χ2n) is 6.73. The molecule has 1 atom stereocenters. The van der Waals surface area contributed by atoms with Gasteiger partial charge in [0.15, 0.2) is 0 Å². The van der Waals surface area contributed by atoms with Gasteiger partial charge in [-0.15, -0.1) is 0 Å². The van der Waals surface area contributed by atoms with Crippen LogP contribution in [0.4, 0.5) is 5.69 Å². The maximum atomic E-state index is 12.6. The van der Waals surface area contributed by atoms with Gasteiger partial charge in [-0.25, -0.2) is 4.99 Å². The van der Waals surface area contributed by atoms with Crippen LogP contribution in [-0.4, -0.2) is 31.1 Å². The minimum atomic E-state index is -0.240. The van der Waals surface area contributed by atoms with Crippen molar-refractivity contribution in [3.8, 4) is 0 Å². The van der Waals surface area contributed by atoms with E-state index in [9.17, 15) is 4.79 Å². The van der Waals surface area contributed by atoms with Crippen molar-refractivity contribution in [2.24, 2.45) is 4.99 Å². The number of ether oxygens (including phenoxy) is 1. The number of aryl methyl sites for hydroxylation is 2. The monoisotopic (exact) mass is 385 g/mol. The molecule has 0 aromatic heterocycles. The lowest BCUT2D eigenvalue weighted by Crippen LogP contribution is -2.37. The predicted molar refractivity (Wildman–Crippen MR) is 110 cm³/mol. The normalized spacial score (nSPS) is 17.0. The van der Waals surface area contributed by atoms with Crippen molar-refractivity contribution in [1.29, 1.82) is 0 Å². The Morgan fingerprint density at radius 3 is 2.70 bits per heavy atom. The summed E-state index contributed by atoms with van der Waals surface area (Å²) >= 11 is 5.90. The Morgan fingerprint density at radius 1 is 1.22 bits per heavy atom. The third kappa shape index (κ3) is 5.55. The van der Waals surface area contributed by atoms with E-state index in [2.05, 4.69) is 21.7 Å². The first-order valence-corrected chi connectivity index (χ1v) is 9.46. The average Bonchev–Trinajstić information content (AvgIpc) is 3.17. The molecule has 1 fully saturated rings. The fraction of sp³-hybridized carbons (Fsp3) is 0.333. The summed E-state index contributed by atoms with van der Waals surface area (Å²) in [6.07, 6.45) is 2.15. The molecule has 0 bridgehead atoms. The van der Waals surface area contributed by atoms with E-state index < -0.39 is 0 Å². The maximum Gasteiger partial charge on any atom is 0.257 e. The summed E-state index contributed by atoms with van der Waals surface area (Å²) in [5.41, 5.74) is 3.64. The Balaban J connectivity index is 1.77. The standard InChI is InChI=1S/C21H24ClN3O2/c1-14-5-6-15(2)19(12-14)24-21(23-13-18-4-3-11-27-18)25-20(26)16-7-9-17(22)10-8-16/h5-10,12,18H,3-4,11,13H2,1-2H3,(H2,23,24,25,26)/t18-/m1/s1. The number of halogens is 1. The van der Waals surface area contributed by atoms with Crippen LogP contribution in [0.1, 0.15) is 34.3 Å². The number of carbonyl (C=O) groups is 1. The van der Waals surface area contributed by atoms with Gasteiger partial charge in [0.2, 0.25) is 5.96 Å². The molecule has 2 N–H and O–H groups in total. The molecule has 1 heterocycles. The first kappa shape index (κ1) is 19.4. The van der Waals surface area contributed by atoms with E-state index in [1.807, 2.05) is 26.0 Å². The van der Waals surface area contributed by atoms with Crippen molar-refractivity contribution < 1.29 is 9.53 Å². The van der Waals surface area contributed by atoms with Gasteiger partial charge in [-0.3, -0.25) is 10.1 Å². The van der Waals surface area contributed by atoms with E-state index in [-0.39, 0.29) is 12.0 Å². The second kappa shape index (κ2) is 9.02. The molecule has 6 heteroatoms. The lowest BCUT2D eigenvalue weighted by Gasteiger charge is -2.15. The van der Waals surface area contributed by atoms with E-state index in [0.717, 1.165) is 36.3 Å². The number of carbonyl (C=O) groups excluding carboxylic acids is 1. The maximum absolute atomic E-state index is 12.6. The lowest BCUT2D eigenvalue weighted by atomic mass is 10.1. The van der Waals surface area contributed by atoms with Crippen LogP contribution in [0.3, 0.4) is 0 Å². The van der Waals surface area contributed by atoms with Crippen LogP contribution in [0, 0.1) is 13.8 Å². The van der Waals surface area contributed by atoms with Crippen molar-refractivity contribution in [1.82, 2.24) is 5.32 Å². The van der Waals surface area contributed by atoms with Crippen LogP contribution in [0.2, 0.25) is 5.02 Å². The van der Waals surface area contributed by atoms with Crippen molar-refractivity contribution in [2.75, 3.05) is 18.5 Å². The van der Waals surface area contributed by atoms with Crippen LogP contribution in [0.5, 0.6) is 0 Å². The van der Waals surface area contributed by atoms with Gasteiger partial charge in [0, 0.05) is 22.9 Å². The quantitative estimate of drug-likeness (QED) is 0.608. The number of guanidine groups is 1. The van der Waals surface area contributed by atoms with E-state index >= 15 is 0 Å². The molecule has 1 aliphatic heterocycles. The number of anilines is 1. The molecular weight excluding hydrogens is 362 g/mol. The number of rotatable bonds is 4. The molecule has 0 radical (unpaired) electrons. The molecule has 0 saturated carbocycles. The molecule has 0 unspecified atom stereocenters. The minimum Gasteiger partial charge on any atom is -0.376 e. The fourth-order valence-electron chi connectivity index (χ4n) is 2.87. The Bertz CT molecular complexity index is 828. The van der Waals surface area contributed by atoms with Crippen LogP contribution < -0.4 is 10.6 Å². The van der Waals surface area contributed by atoms with Crippen LogP contribution in [0.25, 0.3) is 0 Å². The highest BCUT2D eigenvalue weighted by molar-refractivity contribution is 6.30. The topological polar surface area (TPSA) is 62.7 Å². The van der Waals surface area contributed by atoms with E-state index in [4.69, 9.17) is 16.3 Å². The molecule has 142 valence electrons. The molecule has 5 nitrogen and oxygen atoms in total. The SMILES string of the molecule is Cc1ccc(C)c(NC(=NC[C@H]2CCCO2)NC(=O)c2ccc(Cl)cc2)c1. The highest BCUT2D eigenvalue weighted by Crippen LogP contribution is 2.17. The average molecular weight is 386 g/mol. The Labute approximate surface area is 164 Å². The van der Waals surface area contributed by atoms with Crippen LogP contribution in [0.15, 0.2) is 47.5 Å². The van der Waals surface area contributed by atoms with Gasteiger partial charge in [0.05, 0.1) is 12.6 Å². The summed E-state index contributed by atoms with van der Waals surface area (Å²) < 4.78 is 5.64. The molecule has 2 aromatic rings. The van der Waals surface area contributed by atoms with Crippen LogP contribution in [-0.2, 0) is 4.74 Å². The first-order valence-electron chi connectivity index (χ1n) is 9.08. The number of hydrogen-bond acceptors (Lipinski definition) is 3. The molecule has 1 amide bonds. The fourth-order valence-corrected chi connectivity index (χ4v) is 3.00. The smallest absolute Gasteiger partial charge is 0.257 e. The zero-order valence-corrected chi connectivity index (χ0v) is 16.3. The van der Waals surface area contributed by atoms with Crippen molar-refractivity contribution in [2.45, 2.75) is 32.8 Å². The molecule has 1 saturated heterocycles. The summed E-state index contributed by atoms with van der Waals surface area (Å²) in [5.74, 6) is 0.176. The molecule has 3 rings (SSSR count). The third-order valence-corrected chi connectivity index (χ3v) is 4.71. The molecule has 1 aliphatic rings. The van der Waals surface area contributed by atoms with Crippen molar-refractivity contribution >= 4 is 29.2 Å². The van der Waals surface area contributed by atoms with Gasteiger partial charge in [-0.05, 0) is 68.1 Å². The zero-order valence-electron chi connectivity index (χ0n) is 15.6. The molecule has 27 heavy (non-hydrogen) atoms. The number of hydrogen-bond donors (Lipinski definition) is 2. The number of nitrogens with zero attached hydrogens (tertiary/aromatic N) is 1. The zero-order chi connectivity index (χ0) is 19.2. The van der Waals surface area contributed by atoms with Gasteiger partial charge in [-0.2, -0.15) is 0 Å². The first-order chi connectivity index (χ1) is 13.0. The molecule has 0 aliphatic carbocycles. The van der Waals surface area contributed by atoms with E-state index in [1.54, 1.807) is 24.3 Å². The predicted octanol–water partition coefficient (Wildman–Crippen LogP) is 4.33. The summed E-state index contributed by atoms with van der Waals surface area (Å²) in [6, 6.07) is 12.9. The number of aliphatic imine (C=N–C) groups is 1. The lowest BCUT2D eigenvalue weighted by molar-refractivity contribution is 0.0975. The molecular formula is C21H24ClN3O2. The van der Waals surface area contributed by atoms with E-state index in [0.29, 0.717) is 23.1 Å². The van der Waals surface area contributed by atoms with Gasteiger partial charge in [0.25, 0.3) is 5.91 Å². The second-order valence-corrected chi connectivity index (χ2v) is 7.17. The summed E-state index contributed by atoms with van der Waals surface area (Å²) in [6.45, 7) is 5.33. The third-order valence-electron chi connectivity index (χ3n) is 4.46. The Hall–Kier alpha value is -2.37. The highest BCUT2D eigenvalue weighted by Gasteiger charge is 2.16. The minimum absolute atomic E-state index is 0.104. The summed E-state index contributed by atoms with van der Waals surface area (Å²) in [7, 11) is 0. The van der Waals surface area contributed by atoms with Gasteiger partial charge in [-0.1, -0.05) is 23.7 Å². The van der Waals surface area contributed by atoms with Gasteiger partial charge >= 0.3 is 0 Å². The molecule has 2 aromatic carbocycles. The number of benzene rings is 2. The van der Waals surface area contributed by atoms with Crippen molar-refractivity contribution in [3.63, 3.8) is 0 Å². The molecule has 0 spiro atoms. The van der Waals surface area contributed by atoms with E-state index in [1.165, 1.54) is 0 Å².